The van der Waals surface area contributed by atoms with Crippen LogP contribution in [0.3, 0.4) is 0 Å². The Morgan fingerprint density at radius 2 is 1.82 bits per heavy atom. The number of nitrogens with zero attached hydrogens (tertiary/aromatic N) is 1. The monoisotopic (exact) mass is 254 g/mol. The van der Waals surface area contributed by atoms with Gasteiger partial charge in [-0.25, -0.2) is 0 Å². The molecule has 1 unspecified atom stereocenters. The van der Waals surface area contributed by atoms with Gasteiger partial charge in [-0.05, 0) is 62.5 Å². The minimum absolute atomic E-state index is 0.795. The highest BCUT2D eigenvalue weighted by Crippen LogP contribution is 2.32. The van der Waals surface area contributed by atoms with Gasteiger partial charge in [0.15, 0.2) is 0 Å². The van der Waals surface area contributed by atoms with Crippen LogP contribution >= 0.6 is 11.8 Å². The van der Waals surface area contributed by atoms with Crippen LogP contribution in [0.2, 0.25) is 0 Å². The van der Waals surface area contributed by atoms with Gasteiger partial charge in [-0.15, -0.1) is 0 Å². The Kier molecular flexibility index (Phi) is 4.30. The molecular formula is C14H26N2S. The molecule has 3 rings (SSSR count). The zero-order chi connectivity index (χ0) is 11.5. The molecule has 0 aromatic rings. The number of rotatable bonds is 5. The standard InChI is InChI=1S/C14H26N2S/c1-2-13(15-7-1)11-16(10-12-3-4-12)14-5-8-17-9-6-14/h12-15H,1-11H2. The van der Waals surface area contributed by atoms with E-state index < -0.39 is 0 Å². The van der Waals surface area contributed by atoms with E-state index in [0.29, 0.717) is 0 Å². The summed E-state index contributed by atoms with van der Waals surface area (Å²) in [6.07, 6.45) is 8.66. The van der Waals surface area contributed by atoms with Crippen molar-refractivity contribution in [3.8, 4) is 0 Å². The van der Waals surface area contributed by atoms with Crippen LogP contribution in [0.4, 0.5) is 0 Å². The molecule has 3 heteroatoms. The molecule has 2 saturated heterocycles. The second-order valence-corrected chi connectivity index (χ2v) is 7.26. The zero-order valence-corrected chi connectivity index (χ0v) is 11.7. The second kappa shape index (κ2) is 5.94. The van der Waals surface area contributed by atoms with E-state index in [1.54, 1.807) is 0 Å². The SMILES string of the molecule is C1CNC(CN(CC2CC2)C2CCSCC2)C1. The first kappa shape index (κ1) is 12.3. The van der Waals surface area contributed by atoms with Crippen LogP contribution < -0.4 is 5.32 Å². The highest BCUT2D eigenvalue weighted by atomic mass is 32.2. The van der Waals surface area contributed by atoms with Gasteiger partial charge < -0.3 is 5.32 Å². The Labute approximate surface area is 110 Å². The zero-order valence-electron chi connectivity index (χ0n) is 10.9. The van der Waals surface area contributed by atoms with E-state index in [-0.39, 0.29) is 0 Å². The summed E-state index contributed by atoms with van der Waals surface area (Å²) in [6, 6.07) is 1.70. The fourth-order valence-electron chi connectivity index (χ4n) is 3.25. The average Bonchev–Trinajstić information content (AvgIpc) is 3.04. The van der Waals surface area contributed by atoms with Crippen molar-refractivity contribution in [2.75, 3.05) is 31.1 Å². The third-order valence-corrected chi connectivity index (χ3v) is 5.56. The van der Waals surface area contributed by atoms with Crippen LogP contribution in [0.25, 0.3) is 0 Å². The van der Waals surface area contributed by atoms with Crippen molar-refractivity contribution < 1.29 is 0 Å². The lowest BCUT2D eigenvalue weighted by atomic mass is 10.1. The maximum absolute atomic E-state index is 3.67. The normalized spacial score (nSPS) is 31.2. The molecule has 98 valence electrons. The molecule has 1 atom stereocenters. The van der Waals surface area contributed by atoms with E-state index in [1.807, 2.05) is 0 Å². The summed E-state index contributed by atoms with van der Waals surface area (Å²) in [5.74, 6) is 3.83. The lowest BCUT2D eigenvalue weighted by Crippen LogP contribution is -2.45. The molecule has 2 aliphatic heterocycles. The van der Waals surface area contributed by atoms with Crippen molar-refractivity contribution in [3.63, 3.8) is 0 Å². The molecule has 1 saturated carbocycles. The van der Waals surface area contributed by atoms with Crippen LogP contribution in [-0.2, 0) is 0 Å². The molecular weight excluding hydrogens is 228 g/mol. The highest BCUT2D eigenvalue weighted by Gasteiger charge is 2.30. The van der Waals surface area contributed by atoms with Crippen molar-refractivity contribution in [2.24, 2.45) is 5.92 Å². The second-order valence-electron chi connectivity index (χ2n) is 6.03. The largest absolute Gasteiger partial charge is 0.313 e. The summed E-state index contributed by atoms with van der Waals surface area (Å²) in [7, 11) is 0. The summed E-state index contributed by atoms with van der Waals surface area (Å²) < 4.78 is 0. The Bertz CT molecular complexity index is 230. The lowest BCUT2D eigenvalue weighted by Gasteiger charge is -2.36. The van der Waals surface area contributed by atoms with Gasteiger partial charge in [-0.1, -0.05) is 0 Å². The summed E-state index contributed by atoms with van der Waals surface area (Å²) in [6.45, 7) is 3.97. The molecule has 1 N–H and O–H groups in total. The van der Waals surface area contributed by atoms with Gasteiger partial charge in [-0.2, -0.15) is 11.8 Å². The summed E-state index contributed by atoms with van der Waals surface area (Å²) in [4.78, 5) is 2.85. The Hall–Kier alpha value is 0.270. The maximum Gasteiger partial charge on any atom is 0.0195 e. The minimum atomic E-state index is 0.795. The van der Waals surface area contributed by atoms with E-state index in [4.69, 9.17) is 0 Å². The molecule has 0 aromatic heterocycles. The van der Waals surface area contributed by atoms with E-state index in [0.717, 1.165) is 18.0 Å². The Morgan fingerprint density at radius 1 is 1.00 bits per heavy atom. The topological polar surface area (TPSA) is 15.3 Å². The Morgan fingerprint density at radius 3 is 2.47 bits per heavy atom. The summed E-state index contributed by atoms with van der Waals surface area (Å²) >= 11 is 2.15. The molecule has 2 heterocycles. The van der Waals surface area contributed by atoms with Gasteiger partial charge in [0.2, 0.25) is 0 Å². The quantitative estimate of drug-likeness (QED) is 0.811. The summed E-state index contributed by atoms with van der Waals surface area (Å²) in [5.41, 5.74) is 0. The third-order valence-electron chi connectivity index (χ3n) is 4.51. The molecule has 3 aliphatic rings. The Balaban J connectivity index is 1.54. The number of hydrogen-bond donors (Lipinski definition) is 1. The number of nitrogens with one attached hydrogen (secondary N) is 1. The van der Waals surface area contributed by atoms with E-state index >= 15 is 0 Å². The highest BCUT2D eigenvalue weighted by molar-refractivity contribution is 7.99. The van der Waals surface area contributed by atoms with Gasteiger partial charge in [0.05, 0.1) is 0 Å². The number of thioether (sulfide) groups is 1. The van der Waals surface area contributed by atoms with Gasteiger partial charge in [0.25, 0.3) is 0 Å². The molecule has 1 aliphatic carbocycles. The molecule has 0 bridgehead atoms. The molecule has 0 spiro atoms. The van der Waals surface area contributed by atoms with Crippen LogP contribution in [0.1, 0.15) is 38.5 Å². The van der Waals surface area contributed by atoms with Gasteiger partial charge in [0.1, 0.15) is 0 Å². The van der Waals surface area contributed by atoms with Crippen LogP contribution in [0.5, 0.6) is 0 Å². The van der Waals surface area contributed by atoms with E-state index in [1.165, 1.54) is 69.7 Å². The molecule has 3 fully saturated rings. The summed E-state index contributed by atoms with van der Waals surface area (Å²) in [5, 5.41) is 3.67. The third kappa shape index (κ3) is 3.62. The van der Waals surface area contributed by atoms with Gasteiger partial charge in [0, 0.05) is 25.2 Å². The van der Waals surface area contributed by atoms with Crippen LogP contribution in [0, 0.1) is 5.92 Å². The van der Waals surface area contributed by atoms with Crippen molar-refractivity contribution in [1.29, 1.82) is 0 Å². The molecule has 0 radical (unpaired) electrons. The predicted octanol–water partition coefficient (Wildman–Crippen LogP) is 2.35. The van der Waals surface area contributed by atoms with E-state index in [2.05, 4.69) is 22.0 Å². The first-order valence-corrected chi connectivity index (χ1v) is 8.62. The smallest absolute Gasteiger partial charge is 0.0195 e. The number of hydrogen-bond acceptors (Lipinski definition) is 3. The van der Waals surface area contributed by atoms with Gasteiger partial charge in [-0.3, -0.25) is 4.90 Å². The van der Waals surface area contributed by atoms with Crippen LogP contribution in [0.15, 0.2) is 0 Å². The minimum Gasteiger partial charge on any atom is -0.313 e. The van der Waals surface area contributed by atoms with Crippen molar-refractivity contribution >= 4 is 11.8 Å². The van der Waals surface area contributed by atoms with E-state index in [9.17, 15) is 0 Å². The van der Waals surface area contributed by atoms with Crippen molar-refractivity contribution in [1.82, 2.24) is 10.2 Å². The predicted molar refractivity (Wildman–Crippen MR) is 75.7 cm³/mol. The van der Waals surface area contributed by atoms with Crippen molar-refractivity contribution in [2.45, 2.75) is 50.6 Å². The maximum atomic E-state index is 3.67. The molecule has 2 nitrogen and oxygen atoms in total. The lowest BCUT2D eigenvalue weighted by molar-refractivity contribution is 0.163. The van der Waals surface area contributed by atoms with Crippen LogP contribution in [-0.4, -0.2) is 48.1 Å². The average molecular weight is 254 g/mol. The molecule has 17 heavy (non-hydrogen) atoms. The first-order chi connectivity index (χ1) is 8.42. The molecule has 0 amide bonds. The fraction of sp³-hybridized carbons (Fsp3) is 1.00. The van der Waals surface area contributed by atoms with Gasteiger partial charge >= 0.3 is 0 Å². The molecule has 0 aromatic carbocycles. The fourth-order valence-corrected chi connectivity index (χ4v) is 4.33. The van der Waals surface area contributed by atoms with Crippen molar-refractivity contribution in [3.05, 3.63) is 0 Å². The first-order valence-electron chi connectivity index (χ1n) is 7.47.